The molecular formula is C17H15FN2O. The minimum atomic E-state index is -0.708. The van der Waals surface area contributed by atoms with Crippen LogP contribution in [0.5, 0.6) is 0 Å². The van der Waals surface area contributed by atoms with Crippen molar-refractivity contribution in [2.24, 2.45) is 0 Å². The molecule has 21 heavy (non-hydrogen) atoms. The molecule has 0 aliphatic carbocycles. The summed E-state index contributed by atoms with van der Waals surface area (Å²) in [6.07, 6.45) is 1.52. The summed E-state index contributed by atoms with van der Waals surface area (Å²) in [6, 6.07) is 17.6. The fraction of sp³-hybridized carbons (Fsp3) is 0.118. The maximum atomic E-state index is 12.9. The standard InChI is InChI=1S/C17H15FN2O/c18-14-8-6-13(7-9-14)12-17(21)16-10-11-20(19-16)15-4-2-1-3-5-15/h1-11,17,21H,12H2. The topological polar surface area (TPSA) is 38.0 Å². The fourth-order valence-corrected chi connectivity index (χ4v) is 2.19. The number of nitrogens with zero attached hydrogens (tertiary/aromatic N) is 2. The Kier molecular flexibility index (Phi) is 3.79. The second-order valence-corrected chi connectivity index (χ2v) is 4.87. The number of halogens is 1. The molecule has 0 amide bonds. The Labute approximate surface area is 122 Å². The SMILES string of the molecule is OC(Cc1ccc(F)cc1)c1ccn(-c2ccccc2)n1. The van der Waals surface area contributed by atoms with Crippen molar-refractivity contribution >= 4 is 0 Å². The van der Waals surface area contributed by atoms with E-state index in [9.17, 15) is 9.50 Å². The summed E-state index contributed by atoms with van der Waals surface area (Å²) in [7, 11) is 0. The van der Waals surface area contributed by atoms with Gasteiger partial charge in [-0.2, -0.15) is 5.10 Å². The Bertz CT molecular complexity index is 707. The fourth-order valence-electron chi connectivity index (χ4n) is 2.19. The molecule has 4 heteroatoms. The number of aliphatic hydroxyl groups is 1. The lowest BCUT2D eigenvalue weighted by atomic mass is 10.1. The molecule has 0 bridgehead atoms. The predicted octanol–water partition coefficient (Wildman–Crippen LogP) is 3.29. The van der Waals surface area contributed by atoms with Gasteiger partial charge < -0.3 is 5.11 Å². The molecule has 0 aliphatic heterocycles. The third-order valence-corrected chi connectivity index (χ3v) is 3.31. The highest BCUT2D eigenvalue weighted by Crippen LogP contribution is 2.18. The molecule has 0 saturated carbocycles. The van der Waals surface area contributed by atoms with E-state index in [1.54, 1.807) is 22.9 Å². The van der Waals surface area contributed by atoms with E-state index in [2.05, 4.69) is 5.10 Å². The van der Waals surface area contributed by atoms with Crippen molar-refractivity contribution in [3.63, 3.8) is 0 Å². The van der Waals surface area contributed by atoms with Crippen molar-refractivity contribution in [2.45, 2.75) is 12.5 Å². The first-order valence-electron chi connectivity index (χ1n) is 6.76. The summed E-state index contributed by atoms with van der Waals surface area (Å²) >= 11 is 0. The average Bonchev–Trinajstić information content (AvgIpc) is 3.00. The van der Waals surface area contributed by atoms with Crippen LogP contribution in [0.1, 0.15) is 17.4 Å². The van der Waals surface area contributed by atoms with Gasteiger partial charge in [0.2, 0.25) is 0 Å². The first-order valence-corrected chi connectivity index (χ1v) is 6.76. The van der Waals surface area contributed by atoms with Crippen LogP contribution < -0.4 is 0 Å². The Morgan fingerprint density at radius 2 is 1.71 bits per heavy atom. The van der Waals surface area contributed by atoms with Gasteiger partial charge in [0.15, 0.2) is 0 Å². The van der Waals surface area contributed by atoms with Gasteiger partial charge in [-0.05, 0) is 35.9 Å². The minimum Gasteiger partial charge on any atom is -0.386 e. The molecule has 0 radical (unpaired) electrons. The molecule has 3 nitrogen and oxygen atoms in total. The highest BCUT2D eigenvalue weighted by atomic mass is 19.1. The highest BCUT2D eigenvalue weighted by Gasteiger charge is 2.12. The second-order valence-electron chi connectivity index (χ2n) is 4.87. The second kappa shape index (κ2) is 5.89. The lowest BCUT2D eigenvalue weighted by Crippen LogP contribution is -2.04. The quantitative estimate of drug-likeness (QED) is 0.797. The van der Waals surface area contributed by atoms with E-state index in [4.69, 9.17) is 0 Å². The van der Waals surface area contributed by atoms with E-state index in [0.29, 0.717) is 12.1 Å². The number of aromatic nitrogens is 2. The molecule has 1 N–H and O–H groups in total. The van der Waals surface area contributed by atoms with E-state index in [1.807, 2.05) is 36.5 Å². The van der Waals surface area contributed by atoms with E-state index in [-0.39, 0.29) is 5.82 Å². The number of para-hydroxylation sites is 1. The Morgan fingerprint density at radius 3 is 2.43 bits per heavy atom. The average molecular weight is 282 g/mol. The van der Waals surface area contributed by atoms with E-state index >= 15 is 0 Å². The highest BCUT2D eigenvalue weighted by molar-refractivity contribution is 5.30. The van der Waals surface area contributed by atoms with Gasteiger partial charge in [0.25, 0.3) is 0 Å². The number of aliphatic hydroxyl groups excluding tert-OH is 1. The number of hydrogen-bond donors (Lipinski definition) is 1. The van der Waals surface area contributed by atoms with Crippen LogP contribution in [0.2, 0.25) is 0 Å². The summed E-state index contributed by atoms with van der Waals surface area (Å²) < 4.78 is 14.6. The molecular weight excluding hydrogens is 267 g/mol. The Hall–Kier alpha value is -2.46. The lowest BCUT2D eigenvalue weighted by molar-refractivity contribution is 0.173. The Balaban J connectivity index is 1.75. The number of hydrogen-bond acceptors (Lipinski definition) is 2. The van der Waals surface area contributed by atoms with Gasteiger partial charge in [0.1, 0.15) is 11.9 Å². The number of rotatable bonds is 4. The van der Waals surface area contributed by atoms with Gasteiger partial charge in [0, 0.05) is 12.6 Å². The molecule has 0 fully saturated rings. The Morgan fingerprint density at radius 1 is 1.00 bits per heavy atom. The van der Waals surface area contributed by atoms with E-state index in [0.717, 1.165) is 11.3 Å². The summed E-state index contributed by atoms with van der Waals surface area (Å²) in [5.74, 6) is -0.276. The van der Waals surface area contributed by atoms with E-state index in [1.165, 1.54) is 12.1 Å². The van der Waals surface area contributed by atoms with Crippen molar-refractivity contribution in [3.05, 3.63) is 83.9 Å². The van der Waals surface area contributed by atoms with Crippen LogP contribution in [0.25, 0.3) is 5.69 Å². The van der Waals surface area contributed by atoms with E-state index < -0.39 is 6.10 Å². The minimum absolute atomic E-state index is 0.276. The van der Waals surface area contributed by atoms with Crippen LogP contribution in [0.15, 0.2) is 66.9 Å². The molecule has 1 atom stereocenters. The summed E-state index contributed by atoms with van der Waals surface area (Å²) in [4.78, 5) is 0. The van der Waals surface area contributed by atoms with Crippen molar-refractivity contribution in [1.29, 1.82) is 0 Å². The molecule has 0 spiro atoms. The van der Waals surface area contributed by atoms with Gasteiger partial charge in [0.05, 0.1) is 11.4 Å². The molecule has 0 saturated heterocycles. The molecule has 3 rings (SSSR count). The van der Waals surface area contributed by atoms with Crippen LogP contribution in [0, 0.1) is 5.82 Å². The zero-order valence-corrected chi connectivity index (χ0v) is 11.4. The molecule has 1 aromatic heterocycles. The summed E-state index contributed by atoms with van der Waals surface area (Å²) in [6.45, 7) is 0. The molecule has 0 aliphatic rings. The molecule has 2 aromatic carbocycles. The predicted molar refractivity (Wildman–Crippen MR) is 78.6 cm³/mol. The van der Waals surface area contributed by atoms with Crippen LogP contribution in [0.4, 0.5) is 4.39 Å². The maximum Gasteiger partial charge on any atom is 0.123 e. The summed E-state index contributed by atoms with van der Waals surface area (Å²) in [5, 5.41) is 14.6. The monoisotopic (exact) mass is 282 g/mol. The van der Waals surface area contributed by atoms with Crippen LogP contribution in [-0.2, 0) is 6.42 Å². The lowest BCUT2D eigenvalue weighted by Gasteiger charge is -2.08. The van der Waals surface area contributed by atoms with Gasteiger partial charge >= 0.3 is 0 Å². The zero-order valence-electron chi connectivity index (χ0n) is 11.4. The largest absolute Gasteiger partial charge is 0.386 e. The number of benzene rings is 2. The van der Waals surface area contributed by atoms with Crippen LogP contribution >= 0.6 is 0 Å². The van der Waals surface area contributed by atoms with Crippen molar-refractivity contribution in [3.8, 4) is 5.69 Å². The third-order valence-electron chi connectivity index (χ3n) is 3.31. The van der Waals surface area contributed by atoms with Crippen LogP contribution in [0.3, 0.4) is 0 Å². The molecule has 106 valence electrons. The van der Waals surface area contributed by atoms with Crippen LogP contribution in [-0.4, -0.2) is 14.9 Å². The molecule has 1 unspecified atom stereocenters. The van der Waals surface area contributed by atoms with Crippen molar-refractivity contribution in [2.75, 3.05) is 0 Å². The van der Waals surface area contributed by atoms with Gasteiger partial charge in [-0.15, -0.1) is 0 Å². The first-order chi connectivity index (χ1) is 10.2. The zero-order chi connectivity index (χ0) is 14.7. The molecule has 1 heterocycles. The maximum absolute atomic E-state index is 12.9. The van der Waals surface area contributed by atoms with Gasteiger partial charge in [-0.25, -0.2) is 9.07 Å². The third kappa shape index (κ3) is 3.17. The van der Waals surface area contributed by atoms with Crippen molar-refractivity contribution < 1.29 is 9.50 Å². The van der Waals surface area contributed by atoms with Gasteiger partial charge in [-0.3, -0.25) is 0 Å². The normalized spacial score (nSPS) is 12.3. The first kappa shape index (κ1) is 13.5. The summed E-state index contributed by atoms with van der Waals surface area (Å²) in [5.41, 5.74) is 2.42. The molecule has 3 aromatic rings. The van der Waals surface area contributed by atoms with Crippen molar-refractivity contribution in [1.82, 2.24) is 9.78 Å². The van der Waals surface area contributed by atoms with Gasteiger partial charge in [-0.1, -0.05) is 30.3 Å². The smallest absolute Gasteiger partial charge is 0.123 e.